The van der Waals surface area contributed by atoms with Crippen molar-refractivity contribution in [3.63, 3.8) is 0 Å². The third-order valence-corrected chi connectivity index (χ3v) is 1.63. The van der Waals surface area contributed by atoms with Crippen LogP contribution in [0.4, 0.5) is 0 Å². The van der Waals surface area contributed by atoms with Gasteiger partial charge < -0.3 is 10.3 Å². The van der Waals surface area contributed by atoms with Gasteiger partial charge in [-0.25, -0.2) is 4.98 Å². The molecule has 0 fully saturated rings. The Balaban J connectivity index is 2.78. The van der Waals surface area contributed by atoms with Crippen LogP contribution in [-0.2, 0) is 6.54 Å². The van der Waals surface area contributed by atoms with Crippen molar-refractivity contribution in [3.05, 3.63) is 18.2 Å². The van der Waals surface area contributed by atoms with E-state index in [1.165, 1.54) is 0 Å². The predicted octanol–water partition coefficient (Wildman–Crippen LogP) is 0.965. The summed E-state index contributed by atoms with van der Waals surface area (Å²) in [5, 5.41) is 0. The topological polar surface area (TPSA) is 43.8 Å². The van der Waals surface area contributed by atoms with Crippen LogP contribution in [0.15, 0.2) is 12.4 Å². The van der Waals surface area contributed by atoms with Gasteiger partial charge in [-0.15, -0.1) is 0 Å². The molecule has 11 heavy (non-hydrogen) atoms. The second kappa shape index (κ2) is 3.53. The third kappa shape index (κ3) is 1.80. The highest BCUT2D eigenvalue weighted by molar-refractivity contribution is 4.97. The van der Waals surface area contributed by atoms with Gasteiger partial charge in [0.25, 0.3) is 0 Å². The molecule has 0 bridgehead atoms. The molecular weight excluding hydrogens is 138 g/mol. The summed E-state index contributed by atoms with van der Waals surface area (Å²) in [6.07, 6.45) is 3.80. The number of nitrogens with zero attached hydrogens (tertiary/aromatic N) is 2. The van der Waals surface area contributed by atoms with Crippen molar-refractivity contribution in [2.75, 3.05) is 6.54 Å². The molecule has 0 aliphatic carbocycles. The first-order valence-corrected chi connectivity index (χ1v) is 3.96. The first-order valence-electron chi connectivity index (χ1n) is 3.96. The highest BCUT2D eigenvalue weighted by atomic mass is 15.1. The SMILES string of the molecule is CC(C)c1nccn1CCN. The van der Waals surface area contributed by atoms with E-state index in [-0.39, 0.29) is 0 Å². The van der Waals surface area contributed by atoms with Gasteiger partial charge in [-0.2, -0.15) is 0 Å². The fourth-order valence-electron chi connectivity index (χ4n) is 1.15. The highest BCUT2D eigenvalue weighted by Gasteiger charge is 2.04. The van der Waals surface area contributed by atoms with E-state index >= 15 is 0 Å². The Bertz CT molecular complexity index is 215. The molecule has 0 aliphatic heterocycles. The predicted molar refractivity (Wildman–Crippen MR) is 45.4 cm³/mol. The van der Waals surface area contributed by atoms with Crippen LogP contribution in [0.1, 0.15) is 25.6 Å². The minimum absolute atomic E-state index is 0.483. The summed E-state index contributed by atoms with van der Waals surface area (Å²) in [5.41, 5.74) is 5.44. The molecule has 2 N–H and O–H groups in total. The Hall–Kier alpha value is -0.830. The molecule has 1 aromatic rings. The Labute approximate surface area is 67.2 Å². The lowest BCUT2D eigenvalue weighted by atomic mass is 10.2. The standard InChI is InChI=1S/C8H15N3/c1-7(2)8-10-4-6-11(8)5-3-9/h4,6-7H,3,5,9H2,1-2H3. The summed E-state index contributed by atoms with van der Waals surface area (Å²) in [6, 6.07) is 0. The molecular formula is C8H15N3. The molecule has 62 valence electrons. The summed E-state index contributed by atoms with van der Waals surface area (Å²) in [7, 11) is 0. The summed E-state index contributed by atoms with van der Waals surface area (Å²) < 4.78 is 2.10. The van der Waals surface area contributed by atoms with Gasteiger partial charge in [0.15, 0.2) is 0 Å². The number of rotatable bonds is 3. The van der Waals surface area contributed by atoms with Gasteiger partial charge in [0, 0.05) is 31.4 Å². The van der Waals surface area contributed by atoms with Crippen molar-refractivity contribution >= 4 is 0 Å². The highest BCUT2D eigenvalue weighted by Crippen LogP contribution is 2.10. The molecule has 0 aromatic carbocycles. The summed E-state index contributed by atoms with van der Waals surface area (Å²) >= 11 is 0. The fraction of sp³-hybridized carbons (Fsp3) is 0.625. The molecule has 0 saturated carbocycles. The number of aromatic nitrogens is 2. The maximum absolute atomic E-state index is 5.44. The van der Waals surface area contributed by atoms with Crippen molar-refractivity contribution in [1.82, 2.24) is 9.55 Å². The van der Waals surface area contributed by atoms with Crippen LogP contribution in [0.25, 0.3) is 0 Å². The second-order valence-electron chi connectivity index (χ2n) is 2.92. The van der Waals surface area contributed by atoms with Crippen LogP contribution in [0.2, 0.25) is 0 Å². The summed E-state index contributed by atoms with van der Waals surface area (Å²) in [6.45, 7) is 5.81. The number of hydrogen-bond donors (Lipinski definition) is 1. The van der Waals surface area contributed by atoms with Crippen LogP contribution in [-0.4, -0.2) is 16.1 Å². The Morgan fingerprint density at radius 1 is 1.64 bits per heavy atom. The molecule has 0 saturated heterocycles. The van der Waals surface area contributed by atoms with E-state index in [2.05, 4.69) is 23.4 Å². The molecule has 0 aliphatic rings. The smallest absolute Gasteiger partial charge is 0.111 e. The van der Waals surface area contributed by atoms with E-state index < -0.39 is 0 Å². The number of hydrogen-bond acceptors (Lipinski definition) is 2. The van der Waals surface area contributed by atoms with Gasteiger partial charge in [0.05, 0.1) is 0 Å². The van der Waals surface area contributed by atoms with Crippen LogP contribution in [0.3, 0.4) is 0 Å². The van der Waals surface area contributed by atoms with Crippen molar-refractivity contribution in [2.24, 2.45) is 5.73 Å². The lowest BCUT2D eigenvalue weighted by Crippen LogP contribution is -2.12. The van der Waals surface area contributed by atoms with E-state index in [0.29, 0.717) is 12.5 Å². The minimum Gasteiger partial charge on any atom is -0.333 e. The second-order valence-corrected chi connectivity index (χ2v) is 2.92. The fourth-order valence-corrected chi connectivity index (χ4v) is 1.15. The lowest BCUT2D eigenvalue weighted by Gasteiger charge is -2.07. The molecule has 1 heterocycles. The van der Waals surface area contributed by atoms with Crippen molar-refractivity contribution < 1.29 is 0 Å². The van der Waals surface area contributed by atoms with E-state index in [0.717, 1.165) is 12.4 Å². The van der Waals surface area contributed by atoms with Crippen molar-refractivity contribution in [1.29, 1.82) is 0 Å². The van der Waals surface area contributed by atoms with Crippen LogP contribution in [0, 0.1) is 0 Å². The van der Waals surface area contributed by atoms with Crippen LogP contribution < -0.4 is 5.73 Å². The average molecular weight is 153 g/mol. The monoisotopic (exact) mass is 153 g/mol. The van der Waals surface area contributed by atoms with Gasteiger partial charge in [-0.3, -0.25) is 0 Å². The first kappa shape index (κ1) is 8.27. The largest absolute Gasteiger partial charge is 0.333 e. The van der Waals surface area contributed by atoms with E-state index in [4.69, 9.17) is 5.73 Å². The summed E-state index contributed by atoms with van der Waals surface area (Å²) in [5.74, 6) is 1.60. The van der Waals surface area contributed by atoms with E-state index in [1.54, 1.807) is 0 Å². The first-order chi connectivity index (χ1) is 5.25. The molecule has 0 spiro atoms. The lowest BCUT2D eigenvalue weighted by molar-refractivity contribution is 0.627. The van der Waals surface area contributed by atoms with Gasteiger partial charge in [-0.1, -0.05) is 13.8 Å². The molecule has 0 amide bonds. The van der Waals surface area contributed by atoms with E-state index in [9.17, 15) is 0 Å². The van der Waals surface area contributed by atoms with Crippen molar-refractivity contribution in [2.45, 2.75) is 26.3 Å². The zero-order chi connectivity index (χ0) is 8.27. The Kier molecular flexibility index (Phi) is 2.65. The van der Waals surface area contributed by atoms with Crippen LogP contribution >= 0.6 is 0 Å². The maximum Gasteiger partial charge on any atom is 0.111 e. The molecule has 1 rings (SSSR count). The zero-order valence-corrected chi connectivity index (χ0v) is 7.12. The van der Waals surface area contributed by atoms with Gasteiger partial charge in [-0.05, 0) is 0 Å². The average Bonchev–Trinajstić information content (AvgIpc) is 2.36. The van der Waals surface area contributed by atoms with Gasteiger partial charge in [0.2, 0.25) is 0 Å². The van der Waals surface area contributed by atoms with Gasteiger partial charge >= 0.3 is 0 Å². The maximum atomic E-state index is 5.44. The van der Waals surface area contributed by atoms with Crippen LogP contribution in [0.5, 0.6) is 0 Å². The minimum atomic E-state index is 0.483. The Morgan fingerprint density at radius 3 is 2.91 bits per heavy atom. The number of nitrogens with two attached hydrogens (primary N) is 1. The third-order valence-electron chi connectivity index (χ3n) is 1.63. The van der Waals surface area contributed by atoms with E-state index in [1.807, 2.05) is 12.4 Å². The molecule has 3 heteroatoms. The molecule has 0 unspecified atom stereocenters. The molecule has 3 nitrogen and oxygen atoms in total. The van der Waals surface area contributed by atoms with Gasteiger partial charge in [0.1, 0.15) is 5.82 Å². The number of imidazole rings is 1. The quantitative estimate of drug-likeness (QED) is 0.703. The normalized spacial score (nSPS) is 10.9. The molecule has 1 aromatic heterocycles. The Morgan fingerprint density at radius 2 is 2.36 bits per heavy atom. The molecule has 0 radical (unpaired) electrons. The van der Waals surface area contributed by atoms with Crippen molar-refractivity contribution in [3.8, 4) is 0 Å². The summed E-state index contributed by atoms with van der Waals surface area (Å²) in [4.78, 5) is 4.24. The molecule has 0 atom stereocenters. The zero-order valence-electron chi connectivity index (χ0n) is 7.12.